The van der Waals surface area contributed by atoms with Crippen LogP contribution in [0.2, 0.25) is 0 Å². The number of carbonyl (C=O) groups is 4. The average molecular weight is 705 g/mol. The first-order valence-electron chi connectivity index (χ1n) is 15.1. The first-order valence-corrected chi connectivity index (χ1v) is 15.1. The summed E-state index contributed by atoms with van der Waals surface area (Å²) < 4.78 is 8.92. The third kappa shape index (κ3) is 19.2. The molecule has 0 aliphatic carbocycles. The number of carboxylic acid groups (broad SMARTS) is 1. The number of hydrogen-bond acceptors (Lipinski definition) is 11. The van der Waals surface area contributed by atoms with E-state index in [0.29, 0.717) is 16.7 Å². The van der Waals surface area contributed by atoms with Crippen LogP contribution in [0, 0.1) is 47.4 Å². The molecule has 4 atom stereocenters. The van der Waals surface area contributed by atoms with Gasteiger partial charge in [0.2, 0.25) is 0 Å². The molecular weight excluding hydrogens is 660 g/mol. The van der Waals surface area contributed by atoms with E-state index in [0.717, 1.165) is 0 Å². The fraction of sp³-hybridized carbons (Fsp3) is 0.368. The summed E-state index contributed by atoms with van der Waals surface area (Å²) in [7, 11) is 2.41. The Balaban J connectivity index is 0.000000819. The van der Waals surface area contributed by atoms with Crippen molar-refractivity contribution in [3.8, 4) is 47.4 Å². The molecule has 0 aromatic heterocycles. The molecule has 0 unspecified atom stereocenters. The van der Waals surface area contributed by atoms with Crippen LogP contribution in [-0.4, -0.2) is 99.1 Å². The second-order valence-electron chi connectivity index (χ2n) is 11.6. The van der Waals surface area contributed by atoms with Crippen molar-refractivity contribution in [1.82, 2.24) is 5.32 Å². The molecule has 0 spiro atoms. The molecule has 0 saturated heterocycles. The van der Waals surface area contributed by atoms with E-state index < -0.39 is 59.3 Å². The van der Waals surface area contributed by atoms with Crippen LogP contribution in [-0.2, 0) is 19.1 Å². The number of methoxy groups -OCH3 is 2. The number of nitrogens with one attached hydrogen (secondary N) is 1. The highest BCUT2D eigenvalue weighted by atomic mass is 16.5. The maximum Gasteiger partial charge on any atom is 0.335 e. The summed E-state index contributed by atoms with van der Waals surface area (Å²) in [6, 6.07) is 10.4. The molecule has 13 heteroatoms. The second-order valence-corrected chi connectivity index (χ2v) is 11.6. The highest BCUT2D eigenvalue weighted by Gasteiger charge is 2.36. The van der Waals surface area contributed by atoms with E-state index >= 15 is 0 Å². The fourth-order valence-corrected chi connectivity index (χ4v) is 3.16. The van der Waals surface area contributed by atoms with Crippen molar-refractivity contribution in [3.63, 3.8) is 0 Å². The second kappa shape index (κ2) is 22.2. The number of ether oxygens (including phenoxy) is 2. The molecule has 0 fully saturated rings. The number of rotatable bonds is 7. The Morgan fingerprint density at radius 1 is 0.686 bits per heavy atom. The summed E-state index contributed by atoms with van der Waals surface area (Å²) >= 11 is 0. The summed E-state index contributed by atoms with van der Waals surface area (Å²) in [4.78, 5) is 45.2. The Hall–Kier alpha value is -5.64. The fourth-order valence-electron chi connectivity index (χ4n) is 3.16. The number of nitrogens with two attached hydrogens (primary N) is 1. The zero-order chi connectivity index (χ0) is 39.4. The predicted octanol–water partition coefficient (Wildman–Crippen LogP) is 0.843. The van der Waals surface area contributed by atoms with Gasteiger partial charge in [-0.25, -0.2) is 9.59 Å². The molecule has 0 heterocycles. The maximum absolute atomic E-state index is 12.3. The molecule has 2 aromatic carbocycles. The maximum atomic E-state index is 12.3. The Kier molecular flexibility index (Phi) is 19.7. The van der Waals surface area contributed by atoms with Crippen molar-refractivity contribution in [2.75, 3.05) is 14.2 Å². The molecule has 2 rings (SSSR count). The quantitative estimate of drug-likeness (QED) is 0.157. The van der Waals surface area contributed by atoms with Crippen molar-refractivity contribution >= 4 is 23.8 Å². The van der Waals surface area contributed by atoms with Crippen LogP contribution in [0.1, 0.15) is 73.4 Å². The van der Waals surface area contributed by atoms with Crippen LogP contribution in [0.15, 0.2) is 48.5 Å². The lowest BCUT2D eigenvalue weighted by molar-refractivity contribution is -0.149. The molecule has 0 aliphatic rings. The third-order valence-electron chi connectivity index (χ3n) is 6.01. The van der Waals surface area contributed by atoms with E-state index in [1.165, 1.54) is 61.0 Å². The molecule has 2 aromatic rings. The zero-order valence-corrected chi connectivity index (χ0v) is 29.7. The molecular formula is C38H44N2O11. The van der Waals surface area contributed by atoms with Crippen LogP contribution in [0.25, 0.3) is 0 Å². The summed E-state index contributed by atoms with van der Waals surface area (Å²) in [6.07, 6.45) is -1.43. The SMILES string of the molecule is COC(=O)[C@@H](N)C(C)(C)O.COC(=O)[C@@H](NC(=O)c1ccc(C#CC#C[C@H](C)O)cc1)C(C)(C)O.C[C@H](O)C#CC#Cc1ccc(C(=O)O)cc1. The van der Waals surface area contributed by atoms with Gasteiger partial charge in [0.25, 0.3) is 5.91 Å². The van der Waals surface area contributed by atoms with E-state index in [9.17, 15) is 24.3 Å². The van der Waals surface area contributed by atoms with Crippen LogP contribution in [0.5, 0.6) is 0 Å². The van der Waals surface area contributed by atoms with Crippen molar-refractivity contribution in [2.24, 2.45) is 5.73 Å². The van der Waals surface area contributed by atoms with E-state index in [2.05, 4.69) is 62.2 Å². The molecule has 13 nitrogen and oxygen atoms in total. The Bertz CT molecular complexity index is 1720. The van der Waals surface area contributed by atoms with Crippen LogP contribution < -0.4 is 11.1 Å². The van der Waals surface area contributed by atoms with E-state index in [1.54, 1.807) is 43.3 Å². The van der Waals surface area contributed by atoms with Crippen LogP contribution in [0.4, 0.5) is 0 Å². The van der Waals surface area contributed by atoms with Crippen LogP contribution >= 0.6 is 0 Å². The van der Waals surface area contributed by atoms with Gasteiger partial charge in [-0.3, -0.25) is 9.59 Å². The molecule has 8 N–H and O–H groups in total. The third-order valence-corrected chi connectivity index (χ3v) is 6.01. The topological polar surface area (TPSA) is 226 Å². The van der Waals surface area contributed by atoms with Crippen molar-refractivity contribution < 1.29 is 54.2 Å². The highest BCUT2D eigenvalue weighted by molar-refractivity contribution is 5.97. The van der Waals surface area contributed by atoms with Gasteiger partial charge >= 0.3 is 17.9 Å². The van der Waals surface area contributed by atoms with Crippen molar-refractivity contribution in [2.45, 2.75) is 77.0 Å². The van der Waals surface area contributed by atoms with Gasteiger partial charge in [-0.15, -0.1) is 0 Å². The van der Waals surface area contributed by atoms with Gasteiger partial charge in [0.1, 0.15) is 18.2 Å². The number of amides is 1. The first kappa shape index (κ1) is 45.4. The molecule has 1 amide bonds. The monoisotopic (exact) mass is 704 g/mol. The largest absolute Gasteiger partial charge is 0.478 e. The minimum absolute atomic E-state index is 0.223. The Labute approximate surface area is 298 Å². The Morgan fingerprint density at radius 2 is 1.08 bits per heavy atom. The standard InChI is InChI=1S/C19H21NO5.C13H10O3.C6H13NO3/c1-13(21)7-5-6-8-14-9-11-15(12-10-14)17(22)20-16(18(23)25-4)19(2,3)24;1-10(14)4-2-3-5-11-6-8-12(9-7-11)13(15)16;1-6(2,9)4(7)5(8)10-3/h9-13,16,21,24H,1-4H3,(H,20,22);6-10,14H,1H3,(H,15,16);4,9H,7H2,1-3H3/t13-,16+;10-;4-/m001/s1. The minimum atomic E-state index is -1.48. The lowest BCUT2D eigenvalue weighted by Crippen LogP contribution is -2.54. The number of carboxylic acids is 1. The smallest absolute Gasteiger partial charge is 0.335 e. The van der Waals surface area contributed by atoms with Crippen molar-refractivity contribution in [3.05, 3.63) is 70.8 Å². The summed E-state index contributed by atoms with van der Waals surface area (Å²) in [5, 5.41) is 48.1. The van der Waals surface area contributed by atoms with Crippen molar-refractivity contribution in [1.29, 1.82) is 0 Å². The van der Waals surface area contributed by atoms with E-state index in [-0.39, 0.29) is 5.56 Å². The van der Waals surface area contributed by atoms with Gasteiger partial charge in [-0.2, -0.15) is 0 Å². The molecule has 0 radical (unpaired) electrons. The molecule has 272 valence electrons. The van der Waals surface area contributed by atoms with Gasteiger partial charge in [0.15, 0.2) is 6.04 Å². The van der Waals surface area contributed by atoms with Gasteiger partial charge < -0.3 is 46.1 Å². The summed E-state index contributed by atoms with van der Waals surface area (Å²) in [5.74, 6) is 17.8. The lowest BCUT2D eigenvalue weighted by Gasteiger charge is -2.27. The lowest BCUT2D eigenvalue weighted by atomic mass is 9.98. The number of aromatic carboxylic acids is 1. The summed E-state index contributed by atoms with van der Waals surface area (Å²) in [6.45, 7) is 8.81. The van der Waals surface area contributed by atoms with Gasteiger partial charge in [0.05, 0.1) is 31.0 Å². The predicted molar refractivity (Wildman–Crippen MR) is 188 cm³/mol. The Morgan fingerprint density at radius 3 is 1.37 bits per heavy atom. The van der Waals surface area contributed by atoms with E-state index in [4.69, 9.17) is 26.2 Å². The van der Waals surface area contributed by atoms with Gasteiger partial charge in [0, 0.05) is 16.7 Å². The molecule has 0 saturated carbocycles. The molecule has 0 bridgehead atoms. The summed E-state index contributed by atoms with van der Waals surface area (Å²) in [5.41, 5.74) is 4.44. The normalized spacial score (nSPS) is 12.3. The van der Waals surface area contributed by atoms with Crippen LogP contribution in [0.3, 0.4) is 0 Å². The van der Waals surface area contributed by atoms with E-state index in [1.807, 2.05) is 0 Å². The highest BCUT2D eigenvalue weighted by Crippen LogP contribution is 2.12. The minimum Gasteiger partial charge on any atom is -0.478 e. The first-order chi connectivity index (χ1) is 23.6. The molecule has 0 aliphatic heterocycles. The number of aliphatic hydroxyl groups excluding tert-OH is 2. The number of esters is 2. The number of carbonyl (C=O) groups excluding carboxylic acids is 3. The van der Waals surface area contributed by atoms with Gasteiger partial charge in [-0.1, -0.05) is 23.7 Å². The van der Waals surface area contributed by atoms with Gasteiger partial charge in [-0.05, 0) is 114 Å². The molecule has 51 heavy (non-hydrogen) atoms. The number of aliphatic hydroxyl groups is 4. The average Bonchev–Trinajstić information content (AvgIpc) is 3.06. The number of hydrogen-bond donors (Lipinski definition) is 7. The zero-order valence-electron chi connectivity index (χ0n) is 29.7. The number of benzene rings is 2.